The van der Waals surface area contributed by atoms with Crippen LogP contribution >= 0.6 is 23.5 Å². The molecule has 2 aliphatic heterocycles. The van der Waals surface area contributed by atoms with Crippen LogP contribution in [0.2, 0.25) is 0 Å². The molecular weight excluding hydrogens is 502 g/mol. The molecule has 0 bridgehead atoms. The SMILES string of the molecule is Cc1cncc(C(C)Nc2ccc3c(c2)Sc2cccc(-c4cc(N5CCOCC5)cc(=O)[nH]4)c2S3)n1. The van der Waals surface area contributed by atoms with Crippen LogP contribution in [-0.2, 0) is 4.74 Å². The first-order valence-electron chi connectivity index (χ1n) is 12.3. The van der Waals surface area contributed by atoms with Crippen LogP contribution in [0.25, 0.3) is 11.3 Å². The zero-order chi connectivity index (χ0) is 25.4. The van der Waals surface area contributed by atoms with Gasteiger partial charge >= 0.3 is 0 Å². The molecular formula is C28H27N5O2S2. The van der Waals surface area contributed by atoms with Gasteiger partial charge in [-0.1, -0.05) is 35.7 Å². The van der Waals surface area contributed by atoms with Crippen molar-refractivity contribution in [3.05, 3.63) is 82.7 Å². The number of rotatable bonds is 5. The lowest BCUT2D eigenvalue weighted by Crippen LogP contribution is -2.36. The average molecular weight is 530 g/mol. The zero-order valence-electron chi connectivity index (χ0n) is 20.7. The minimum absolute atomic E-state index is 0.0427. The Balaban J connectivity index is 1.27. The molecule has 188 valence electrons. The monoisotopic (exact) mass is 529 g/mol. The van der Waals surface area contributed by atoms with E-state index in [1.54, 1.807) is 35.8 Å². The van der Waals surface area contributed by atoms with Gasteiger partial charge in [-0.2, -0.15) is 0 Å². The zero-order valence-corrected chi connectivity index (χ0v) is 22.3. The minimum Gasteiger partial charge on any atom is -0.378 e. The van der Waals surface area contributed by atoms with E-state index in [4.69, 9.17) is 4.74 Å². The van der Waals surface area contributed by atoms with Gasteiger partial charge in [0.25, 0.3) is 0 Å². The summed E-state index contributed by atoms with van der Waals surface area (Å²) in [5.74, 6) is 0. The van der Waals surface area contributed by atoms with E-state index in [0.717, 1.165) is 47.1 Å². The van der Waals surface area contributed by atoms with Crippen LogP contribution < -0.4 is 15.8 Å². The molecule has 0 radical (unpaired) electrons. The Labute approximate surface area is 224 Å². The lowest BCUT2D eigenvalue weighted by Gasteiger charge is -2.29. The molecule has 1 fully saturated rings. The molecule has 6 rings (SSSR count). The van der Waals surface area contributed by atoms with Crippen molar-refractivity contribution in [3.8, 4) is 11.3 Å². The maximum Gasteiger partial charge on any atom is 0.250 e. The Hall–Kier alpha value is -3.27. The van der Waals surface area contributed by atoms with Crippen LogP contribution in [0.4, 0.5) is 11.4 Å². The lowest BCUT2D eigenvalue weighted by molar-refractivity contribution is 0.122. The van der Waals surface area contributed by atoms with Gasteiger partial charge in [0.2, 0.25) is 5.56 Å². The third-order valence-electron chi connectivity index (χ3n) is 6.45. The van der Waals surface area contributed by atoms with E-state index in [1.807, 2.05) is 13.1 Å². The van der Waals surface area contributed by atoms with Gasteiger partial charge in [-0.05, 0) is 44.2 Å². The van der Waals surface area contributed by atoms with Gasteiger partial charge in [0.15, 0.2) is 0 Å². The average Bonchev–Trinajstić information content (AvgIpc) is 2.91. The molecule has 0 saturated carbocycles. The molecule has 0 aliphatic carbocycles. The van der Waals surface area contributed by atoms with Crippen LogP contribution in [0.15, 0.2) is 85.3 Å². The lowest BCUT2D eigenvalue weighted by atomic mass is 10.1. The van der Waals surface area contributed by atoms with Gasteiger partial charge in [-0.3, -0.25) is 14.8 Å². The van der Waals surface area contributed by atoms with Crippen molar-refractivity contribution in [3.63, 3.8) is 0 Å². The van der Waals surface area contributed by atoms with E-state index >= 15 is 0 Å². The van der Waals surface area contributed by atoms with Crippen molar-refractivity contribution < 1.29 is 4.74 Å². The standard InChI is InChI=1S/C28H27N5O2S2/c1-17-15-29-16-23(30-17)18(2)31-19-6-7-24-26(12-19)36-25-5-3-4-21(28(25)37-24)22-13-20(14-27(34)32-22)33-8-10-35-11-9-33/h3-7,12-16,18,31H,8-11H2,1-2H3,(H,32,34). The fraction of sp³-hybridized carbons (Fsp3) is 0.250. The van der Waals surface area contributed by atoms with Crippen molar-refractivity contribution in [2.24, 2.45) is 0 Å². The number of nitrogens with one attached hydrogen (secondary N) is 2. The van der Waals surface area contributed by atoms with Crippen molar-refractivity contribution in [1.82, 2.24) is 15.0 Å². The van der Waals surface area contributed by atoms with E-state index in [0.29, 0.717) is 13.2 Å². The number of H-pyrrole nitrogens is 1. The predicted octanol–water partition coefficient (Wildman–Crippen LogP) is 5.77. The summed E-state index contributed by atoms with van der Waals surface area (Å²) in [5, 5.41) is 3.56. The summed E-state index contributed by atoms with van der Waals surface area (Å²) in [4.78, 5) is 31.5. The number of fused-ring (bicyclic) bond motifs is 2. The summed E-state index contributed by atoms with van der Waals surface area (Å²) < 4.78 is 5.49. The van der Waals surface area contributed by atoms with Crippen LogP contribution in [0.1, 0.15) is 24.4 Å². The second-order valence-corrected chi connectivity index (χ2v) is 11.3. The molecule has 37 heavy (non-hydrogen) atoms. The van der Waals surface area contributed by atoms with Gasteiger partial charge in [0.05, 0.1) is 42.5 Å². The second-order valence-electron chi connectivity index (χ2n) is 9.17. The van der Waals surface area contributed by atoms with Crippen molar-refractivity contribution in [2.45, 2.75) is 39.5 Å². The summed E-state index contributed by atoms with van der Waals surface area (Å²) in [5.41, 5.74) is 5.61. The van der Waals surface area contributed by atoms with Crippen LogP contribution in [-0.4, -0.2) is 41.3 Å². The van der Waals surface area contributed by atoms with E-state index in [9.17, 15) is 4.79 Å². The highest BCUT2D eigenvalue weighted by atomic mass is 32.2. The van der Waals surface area contributed by atoms with Crippen molar-refractivity contribution in [2.75, 3.05) is 36.5 Å². The van der Waals surface area contributed by atoms with Gasteiger partial charge in [-0.25, -0.2) is 0 Å². The predicted molar refractivity (Wildman–Crippen MR) is 149 cm³/mol. The van der Waals surface area contributed by atoms with E-state index in [2.05, 4.69) is 74.6 Å². The topological polar surface area (TPSA) is 83.1 Å². The van der Waals surface area contributed by atoms with Gasteiger partial charge < -0.3 is 19.9 Å². The number of hydrogen-bond donors (Lipinski definition) is 2. The number of aromatic nitrogens is 3. The quantitative estimate of drug-likeness (QED) is 0.297. The summed E-state index contributed by atoms with van der Waals surface area (Å²) in [6.45, 7) is 6.99. The molecule has 2 N–H and O–H groups in total. The largest absolute Gasteiger partial charge is 0.378 e. The Morgan fingerprint density at radius 2 is 1.89 bits per heavy atom. The third kappa shape index (κ3) is 5.12. The highest BCUT2D eigenvalue weighted by Crippen LogP contribution is 2.52. The fourth-order valence-corrected chi connectivity index (χ4v) is 7.01. The molecule has 2 aromatic heterocycles. The number of aryl methyl sites for hydroxylation is 1. The maximum absolute atomic E-state index is 12.6. The Kier molecular flexibility index (Phi) is 6.67. The molecule has 1 saturated heterocycles. The molecule has 1 atom stereocenters. The third-order valence-corrected chi connectivity index (χ3v) is 9.05. The minimum atomic E-state index is -0.0893. The van der Waals surface area contributed by atoms with Gasteiger partial charge in [0, 0.05) is 61.9 Å². The molecule has 0 spiro atoms. The highest BCUT2D eigenvalue weighted by molar-refractivity contribution is 8.05. The Morgan fingerprint density at radius 3 is 2.73 bits per heavy atom. The smallest absolute Gasteiger partial charge is 0.250 e. The molecule has 1 unspecified atom stereocenters. The van der Waals surface area contributed by atoms with Crippen molar-refractivity contribution in [1.29, 1.82) is 0 Å². The van der Waals surface area contributed by atoms with Gasteiger partial charge in [-0.15, -0.1) is 0 Å². The van der Waals surface area contributed by atoms with Crippen LogP contribution in [0.5, 0.6) is 0 Å². The second kappa shape index (κ2) is 10.2. The van der Waals surface area contributed by atoms with E-state index in [1.165, 1.54) is 19.6 Å². The fourth-order valence-electron chi connectivity index (χ4n) is 4.60. The summed E-state index contributed by atoms with van der Waals surface area (Å²) in [7, 11) is 0. The Morgan fingerprint density at radius 1 is 1.03 bits per heavy atom. The number of ether oxygens (including phenoxy) is 1. The molecule has 0 amide bonds. The van der Waals surface area contributed by atoms with Crippen molar-refractivity contribution >= 4 is 34.9 Å². The highest BCUT2D eigenvalue weighted by Gasteiger charge is 2.22. The number of aromatic amines is 1. The van der Waals surface area contributed by atoms with Crippen LogP contribution in [0.3, 0.4) is 0 Å². The number of hydrogen-bond acceptors (Lipinski definition) is 8. The first-order chi connectivity index (χ1) is 18.0. The first kappa shape index (κ1) is 24.1. The Bertz CT molecular complexity index is 1520. The number of pyridine rings is 1. The molecule has 4 heterocycles. The number of anilines is 2. The first-order valence-corrected chi connectivity index (χ1v) is 13.9. The molecule has 9 heteroatoms. The number of benzene rings is 2. The molecule has 7 nitrogen and oxygen atoms in total. The normalized spacial score (nSPS) is 15.6. The van der Waals surface area contributed by atoms with E-state index < -0.39 is 0 Å². The number of morpholine rings is 1. The summed E-state index contributed by atoms with van der Waals surface area (Å²) >= 11 is 3.51. The summed E-state index contributed by atoms with van der Waals surface area (Å²) in [6.07, 6.45) is 3.58. The van der Waals surface area contributed by atoms with E-state index in [-0.39, 0.29) is 11.6 Å². The summed E-state index contributed by atoms with van der Waals surface area (Å²) in [6, 6.07) is 16.6. The molecule has 4 aromatic rings. The maximum atomic E-state index is 12.6. The number of nitrogens with zero attached hydrogens (tertiary/aromatic N) is 3. The molecule has 2 aromatic carbocycles. The molecule has 2 aliphatic rings. The van der Waals surface area contributed by atoms with Crippen LogP contribution in [0, 0.1) is 6.92 Å². The van der Waals surface area contributed by atoms with Gasteiger partial charge in [0.1, 0.15) is 0 Å².